The number of hydrogen-bond donors (Lipinski definition) is 1. The normalized spacial score (nSPS) is 15.8. The van der Waals surface area contributed by atoms with Gasteiger partial charge in [-0.15, -0.1) is 0 Å². The van der Waals surface area contributed by atoms with Crippen LogP contribution in [0.2, 0.25) is 0 Å². The van der Waals surface area contributed by atoms with E-state index in [1.165, 1.54) is 0 Å². The summed E-state index contributed by atoms with van der Waals surface area (Å²) in [7, 11) is 2.76. The van der Waals surface area contributed by atoms with Crippen molar-refractivity contribution >= 4 is 28.5 Å². The van der Waals surface area contributed by atoms with Crippen LogP contribution >= 0.6 is 0 Å². The summed E-state index contributed by atoms with van der Waals surface area (Å²) < 4.78 is 82.6. The third-order valence-electron chi connectivity index (χ3n) is 8.94. The number of nitrogens with one attached hydrogen (secondary N) is 1. The van der Waals surface area contributed by atoms with Crippen LogP contribution in [-0.4, -0.2) is 66.6 Å². The number of carbonyl (C=O) groups is 2. The van der Waals surface area contributed by atoms with Gasteiger partial charge in [-0.05, 0) is 55.7 Å². The van der Waals surface area contributed by atoms with Crippen LogP contribution < -0.4 is 15.8 Å². The summed E-state index contributed by atoms with van der Waals surface area (Å²) in [5.74, 6) is -5.05. The summed E-state index contributed by atoms with van der Waals surface area (Å²) in [6.07, 6.45) is -3.37. The van der Waals surface area contributed by atoms with Crippen molar-refractivity contribution in [2.24, 2.45) is 7.05 Å². The van der Waals surface area contributed by atoms with Crippen molar-refractivity contribution in [2.75, 3.05) is 31.8 Å². The van der Waals surface area contributed by atoms with E-state index in [-0.39, 0.29) is 25.1 Å². The van der Waals surface area contributed by atoms with Gasteiger partial charge in [0.1, 0.15) is 29.3 Å². The third kappa shape index (κ3) is 6.36. The van der Waals surface area contributed by atoms with Gasteiger partial charge in [0.05, 0.1) is 31.4 Å². The predicted octanol–water partition coefficient (Wildman–Crippen LogP) is 5.09. The van der Waals surface area contributed by atoms with Gasteiger partial charge < -0.3 is 24.3 Å². The number of amides is 1. The van der Waals surface area contributed by atoms with Gasteiger partial charge in [0.25, 0.3) is 11.5 Å². The Morgan fingerprint density at radius 2 is 1.79 bits per heavy atom. The number of rotatable bonds is 7. The molecule has 9 nitrogen and oxygen atoms in total. The summed E-state index contributed by atoms with van der Waals surface area (Å²) in [5.41, 5.74) is 2.83. The zero-order chi connectivity index (χ0) is 35.1. The topological polar surface area (TPSA) is 103 Å². The number of halogens is 5. The highest BCUT2D eigenvalue weighted by atomic mass is 19.4. The van der Waals surface area contributed by atoms with E-state index < -0.39 is 59.6 Å². The number of fused-ring (bicyclic) bond motifs is 1. The molecule has 1 N–H and O–H groups in total. The van der Waals surface area contributed by atoms with Gasteiger partial charge in [-0.3, -0.25) is 14.6 Å². The molecule has 1 fully saturated rings. The fourth-order valence-electron chi connectivity index (χ4n) is 6.03. The maximum Gasteiger partial charge on any atom is 0.411 e. The molecule has 0 aliphatic carbocycles. The van der Waals surface area contributed by atoms with Crippen molar-refractivity contribution in [1.29, 1.82) is 0 Å². The lowest BCUT2D eigenvalue weighted by molar-refractivity contribution is -0.167. The Morgan fingerprint density at radius 3 is 2.44 bits per heavy atom. The third-order valence-corrected chi connectivity index (χ3v) is 8.94. The van der Waals surface area contributed by atoms with Crippen LogP contribution in [0.4, 0.5) is 27.6 Å². The van der Waals surface area contributed by atoms with Crippen molar-refractivity contribution in [2.45, 2.75) is 45.5 Å². The summed E-state index contributed by atoms with van der Waals surface area (Å²) in [6, 6.07) is 4.49. The fraction of sp³-hybridized carbons (Fsp3) is 0.353. The highest BCUT2D eigenvalue weighted by molar-refractivity contribution is 5.99. The number of nitrogens with zero attached hydrogens (tertiary/aromatic N) is 3. The van der Waals surface area contributed by atoms with Crippen LogP contribution in [0, 0.1) is 32.4 Å². The van der Waals surface area contributed by atoms with Crippen LogP contribution in [0.3, 0.4) is 0 Å². The van der Waals surface area contributed by atoms with Gasteiger partial charge in [0.15, 0.2) is 0 Å². The number of esters is 1. The smallest absolute Gasteiger partial charge is 0.411 e. The first-order valence-electron chi connectivity index (χ1n) is 15.0. The first-order chi connectivity index (χ1) is 22.6. The Morgan fingerprint density at radius 1 is 1.10 bits per heavy atom. The lowest BCUT2D eigenvalue weighted by Crippen LogP contribution is -2.53. The van der Waals surface area contributed by atoms with Crippen molar-refractivity contribution in [3.63, 3.8) is 0 Å². The molecule has 2 atom stereocenters. The Hall–Kier alpha value is -4.85. The van der Waals surface area contributed by atoms with Crippen LogP contribution in [0.5, 0.6) is 0 Å². The van der Waals surface area contributed by atoms with E-state index in [9.17, 15) is 27.6 Å². The van der Waals surface area contributed by atoms with Crippen LogP contribution in [0.1, 0.15) is 32.7 Å². The molecule has 5 rings (SSSR count). The molecule has 14 heteroatoms. The van der Waals surface area contributed by atoms with Gasteiger partial charge in [-0.2, -0.15) is 13.2 Å². The molecule has 254 valence electrons. The minimum atomic E-state index is -4.73. The van der Waals surface area contributed by atoms with E-state index in [1.807, 2.05) is 20.8 Å². The molecule has 0 radical (unpaired) electrons. The Labute approximate surface area is 272 Å². The molecule has 2 aromatic heterocycles. The zero-order valence-corrected chi connectivity index (χ0v) is 26.8. The minimum absolute atomic E-state index is 0.0923. The van der Waals surface area contributed by atoms with Gasteiger partial charge in [0.2, 0.25) is 0 Å². The maximum absolute atomic E-state index is 15.3. The van der Waals surface area contributed by atoms with Crippen molar-refractivity contribution in [3.05, 3.63) is 92.5 Å². The number of benzene rings is 2. The fourth-order valence-corrected chi connectivity index (χ4v) is 6.03. The average Bonchev–Trinajstić information content (AvgIpc) is 3.05. The molecule has 1 aliphatic heterocycles. The number of methoxy groups -OCH3 is 1. The second kappa shape index (κ2) is 13.3. The number of carbonyl (C=O) groups excluding carboxylic acids is 2. The second-order valence-corrected chi connectivity index (χ2v) is 11.6. The standard InChI is InChI=1S/C34H33F5N4O5/c1-17-18(2)28(32(45)42(4)19(17)3)23-9-8-20(22-7-6-10-40-30(22)23)13-26(33(46)47-5)41-31(44)29-24(35)14-21(15-25(29)36)43-11-12-48-16-27(43)34(37,38)39/h6-10,14-15,26-27H,11-13,16H2,1-5H3,(H,41,44)/t26-,27-/m0/s1. The molecule has 48 heavy (non-hydrogen) atoms. The summed E-state index contributed by atoms with van der Waals surface area (Å²) in [4.78, 5) is 44.8. The SMILES string of the molecule is COC(=O)[C@H](Cc1ccc(-c2c(C)c(C)c(C)n(C)c2=O)c2ncccc12)NC(=O)c1c(F)cc(N2CCOC[C@H]2C(F)(F)F)cc1F. The van der Waals surface area contributed by atoms with Crippen molar-refractivity contribution in [3.8, 4) is 11.1 Å². The summed E-state index contributed by atoms with van der Waals surface area (Å²) in [6.45, 7) is 4.53. The largest absolute Gasteiger partial charge is 0.467 e. The maximum atomic E-state index is 15.3. The number of hydrogen-bond acceptors (Lipinski definition) is 7. The van der Waals surface area contributed by atoms with E-state index in [0.29, 0.717) is 39.7 Å². The quantitative estimate of drug-likeness (QED) is 0.216. The minimum Gasteiger partial charge on any atom is -0.467 e. The highest BCUT2D eigenvalue weighted by Gasteiger charge is 2.46. The Balaban J connectivity index is 1.48. The van der Waals surface area contributed by atoms with E-state index >= 15 is 8.78 Å². The molecule has 1 amide bonds. The predicted molar refractivity (Wildman–Crippen MR) is 168 cm³/mol. The van der Waals surface area contributed by atoms with E-state index in [4.69, 9.17) is 9.47 Å². The molecule has 1 aliphatic rings. The molecular formula is C34H33F5N4O5. The number of aromatic nitrogens is 2. The molecule has 0 spiro atoms. The Kier molecular flexibility index (Phi) is 9.58. The van der Waals surface area contributed by atoms with E-state index in [1.54, 1.807) is 42.1 Å². The Bertz CT molecular complexity index is 1950. The molecule has 4 aromatic rings. The van der Waals surface area contributed by atoms with Crippen molar-refractivity contribution < 1.29 is 41.0 Å². The zero-order valence-electron chi connectivity index (χ0n) is 26.8. The molecule has 3 heterocycles. The molecule has 0 bridgehead atoms. The number of ether oxygens (including phenoxy) is 2. The number of pyridine rings is 2. The number of morpholine rings is 1. The first-order valence-corrected chi connectivity index (χ1v) is 15.0. The second-order valence-electron chi connectivity index (χ2n) is 11.6. The number of anilines is 1. The van der Waals surface area contributed by atoms with E-state index in [0.717, 1.165) is 28.8 Å². The van der Waals surface area contributed by atoms with Crippen LogP contribution in [0.15, 0.2) is 47.4 Å². The van der Waals surface area contributed by atoms with E-state index in [2.05, 4.69) is 10.3 Å². The molecule has 0 saturated carbocycles. The molecule has 0 unspecified atom stereocenters. The number of alkyl halides is 3. The molecular weight excluding hydrogens is 639 g/mol. The van der Waals surface area contributed by atoms with Crippen molar-refractivity contribution in [1.82, 2.24) is 14.9 Å². The van der Waals surface area contributed by atoms with Gasteiger partial charge in [-0.25, -0.2) is 13.6 Å². The first kappa shape index (κ1) is 34.5. The molecule has 2 aromatic carbocycles. The summed E-state index contributed by atoms with van der Waals surface area (Å²) in [5, 5.41) is 2.88. The summed E-state index contributed by atoms with van der Waals surface area (Å²) >= 11 is 0. The van der Waals surface area contributed by atoms with Gasteiger partial charge in [-0.1, -0.05) is 18.2 Å². The van der Waals surface area contributed by atoms with Crippen LogP contribution in [0.25, 0.3) is 22.0 Å². The monoisotopic (exact) mass is 672 g/mol. The average molecular weight is 673 g/mol. The van der Waals surface area contributed by atoms with Gasteiger partial charge in [0, 0.05) is 48.5 Å². The molecule has 1 saturated heterocycles. The lowest BCUT2D eigenvalue weighted by atomic mass is 9.92. The van der Waals surface area contributed by atoms with Crippen LogP contribution in [-0.2, 0) is 27.7 Å². The van der Waals surface area contributed by atoms with Gasteiger partial charge >= 0.3 is 12.1 Å². The highest BCUT2D eigenvalue weighted by Crippen LogP contribution is 2.34. The lowest BCUT2D eigenvalue weighted by Gasteiger charge is -2.38.